The number of halogens is 1. The molecule has 0 bridgehead atoms. The maximum Gasteiger partial charge on any atom is 0.235 e. The van der Waals surface area contributed by atoms with Gasteiger partial charge in [0.25, 0.3) is 0 Å². The van der Waals surface area contributed by atoms with E-state index in [0.29, 0.717) is 11.6 Å². The second-order valence-electron chi connectivity index (χ2n) is 5.59. The largest absolute Gasteiger partial charge is 0.310 e. The van der Waals surface area contributed by atoms with E-state index < -0.39 is 0 Å². The zero-order valence-corrected chi connectivity index (χ0v) is 15.3. The van der Waals surface area contributed by atoms with Crippen LogP contribution in [0.5, 0.6) is 0 Å². The van der Waals surface area contributed by atoms with Crippen LogP contribution in [-0.4, -0.2) is 21.4 Å². The number of thioether (sulfide) groups is 1. The zero-order valence-electron chi connectivity index (χ0n) is 13.8. The fourth-order valence-corrected chi connectivity index (χ4v) is 3.29. The van der Waals surface area contributed by atoms with Crippen LogP contribution in [0.3, 0.4) is 0 Å². The van der Waals surface area contributed by atoms with Crippen molar-refractivity contribution < 1.29 is 4.79 Å². The highest BCUT2D eigenvalue weighted by Gasteiger charge is 2.11. The van der Waals surface area contributed by atoms with E-state index in [1.54, 1.807) is 16.4 Å². The van der Waals surface area contributed by atoms with Gasteiger partial charge < -0.3 is 5.32 Å². The van der Waals surface area contributed by atoms with Crippen molar-refractivity contribution in [3.63, 3.8) is 0 Å². The van der Waals surface area contributed by atoms with Crippen LogP contribution in [0.2, 0.25) is 5.02 Å². The van der Waals surface area contributed by atoms with Crippen LogP contribution in [0.4, 0.5) is 5.82 Å². The first-order valence-electron chi connectivity index (χ1n) is 7.86. The lowest BCUT2D eigenvalue weighted by molar-refractivity contribution is -0.113. The Balaban J connectivity index is 1.59. The highest BCUT2D eigenvalue weighted by Crippen LogP contribution is 2.19. The Bertz CT molecular complexity index is 847. The molecule has 25 heavy (non-hydrogen) atoms. The summed E-state index contributed by atoms with van der Waals surface area (Å²) in [5.41, 5.74) is 2.92. The molecule has 1 amide bonds. The maximum atomic E-state index is 12.3. The fourth-order valence-electron chi connectivity index (χ4n) is 2.38. The minimum atomic E-state index is -0.0453. The molecule has 0 spiro atoms. The molecule has 0 aliphatic carbocycles. The Morgan fingerprint density at radius 2 is 1.88 bits per heavy atom. The van der Waals surface area contributed by atoms with Crippen molar-refractivity contribution in [2.75, 3.05) is 11.1 Å². The number of nitrogens with one attached hydrogen (secondary N) is 1. The van der Waals surface area contributed by atoms with Crippen LogP contribution in [0.1, 0.15) is 11.3 Å². The van der Waals surface area contributed by atoms with Gasteiger partial charge in [0.2, 0.25) is 5.91 Å². The van der Waals surface area contributed by atoms with Gasteiger partial charge in [0.05, 0.1) is 17.1 Å². The van der Waals surface area contributed by atoms with Gasteiger partial charge in [0.15, 0.2) is 0 Å². The van der Waals surface area contributed by atoms with Gasteiger partial charge in [-0.3, -0.25) is 4.79 Å². The summed E-state index contributed by atoms with van der Waals surface area (Å²) in [6.45, 7) is 1.91. The molecule has 128 valence electrons. The van der Waals surface area contributed by atoms with E-state index >= 15 is 0 Å². The van der Waals surface area contributed by atoms with Gasteiger partial charge in [-0.05, 0) is 36.8 Å². The average Bonchev–Trinajstić information content (AvgIpc) is 2.97. The first-order valence-corrected chi connectivity index (χ1v) is 9.39. The van der Waals surface area contributed by atoms with E-state index in [4.69, 9.17) is 11.6 Å². The molecule has 4 nitrogen and oxygen atoms in total. The number of carbonyl (C=O) groups excluding carboxylic acids is 1. The molecule has 0 saturated heterocycles. The molecular formula is C19H18ClN3OS. The number of rotatable bonds is 6. The third kappa shape index (κ3) is 4.87. The van der Waals surface area contributed by atoms with Gasteiger partial charge in [0.1, 0.15) is 5.82 Å². The molecule has 0 fully saturated rings. The zero-order chi connectivity index (χ0) is 17.6. The Morgan fingerprint density at radius 1 is 1.16 bits per heavy atom. The van der Waals surface area contributed by atoms with Crippen LogP contribution < -0.4 is 5.32 Å². The van der Waals surface area contributed by atoms with Crippen LogP contribution in [0.15, 0.2) is 60.7 Å². The Kier molecular flexibility index (Phi) is 5.79. The van der Waals surface area contributed by atoms with Crippen LogP contribution in [-0.2, 0) is 10.5 Å². The predicted molar refractivity (Wildman–Crippen MR) is 105 cm³/mol. The number of aryl methyl sites for hydroxylation is 1. The molecule has 0 aliphatic heterocycles. The van der Waals surface area contributed by atoms with Gasteiger partial charge >= 0.3 is 0 Å². The van der Waals surface area contributed by atoms with E-state index in [1.165, 1.54) is 0 Å². The number of benzene rings is 2. The molecular weight excluding hydrogens is 354 g/mol. The maximum absolute atomic E-state index is 12.3. The number of carbonyl (C=O) groups is 1. The smallest absolute Gasteiger partial charge is 0.235 e. The summed E-state index contributed by atoms with van der Waals surface area (Å²) >= 11 is 7.44. The van der Waals surface area contributed by atoms with E-state index in [0.717, 1.165) is 27.7 Å². The molecule has 2 aromatic carbocycles. The summed E-state index contributed by atoms with van der Waals surface area (Å²) in [4.78, 5) is 12.3. The molecule has 3 rings (SSSR count). The molecule has 0 aliphatic rings. The van der Waals surface area contributed by atoms with Crippen molar-refractivity contribution >= 4 is 35.1 Å². The normalized spacial score (nSPS) is 10.6. The number of amides is 1. The molecule has 1 aromatic heterocycles. The lowest BCUT2D eigenvalue weighted by Gasteiger charge is -2.09. The topological polar surface area (TPSA) is 46.9 Å². The minimum absolute atomic E-state index is 0.0453. The molecule has 0 unspecified atom stereocenters. The molecule has 1 N–H and O–H groups in total. The monoisotopic (exact) mass is 371 g/mol. The molecule has 3 aromatic rings. The highest BCUT2D eigenvalue weighted by molar-refractivity contribution is 7.99. The summed E-state index contributed by atoms with van der Waals surface area (Å²) in [5.74, 6) is 1.78. The molecule has 0 saturated carbocycles. The summed E-state index contributed by atoms with van der Waals surface area (Å²) in [6.07, 6.45) is 0. The predicted octanol–water partition coefficient (Wildman–Crippen LogP) is 4.71. The fraction of sp³-hybridized carbons (Fsp3) is 0.158. The van der Waals surface area contributed by atoms with Gasteiger partial charge in [-0.25, -0.2) is 4.68 Å². The number of aromatic nitrogens is 2. The third-order valence-corrected chi connectivity index (χ3v) is 4.77. The number of hydrogen-bond acceptors (Lipinski definition) is 3. The van der Waals surface area contributed by atoms with Crippen molar-refractivity contribution in [1.29, 1.82) is 0 Å². The summed E-state index contributed by atoms with van der Waals surface area (Å²) < 4.78 is 1.75. The molecule has 0 radical (unpaired) electrons. The van der Waals surface area contributed by atoms with Gasteiger partial charge in [-0.2, -0.15) is 5.10 Å². The number of nitrogens with zero attached hydrogens (tertiary/aromatic N) is 2. The van der Waals surface area contributed by atoms with Crippen molar-refractivity contribution in [3.8, 4) is 5.69 Å². The van der Waals surface area contributed by atoms with Gasteiger partial charge in [0, 0.05) is 16.8 Å². The lowest BCUT2D eigenvalue weighted by atomic mass is 10.2. The second kappa shape index (κ2) is 8.23. The molecule has 0 atom stereocenters. The van der Waals surface area contributed by atoms with Crippen LogP contribution in [0.25, 0.3) is 5.69 Å². The SMILES string of the molecule is Cc1cc(NC(=O)CSCc2ccc(Cl)cc2)n(-c2ccccc2)n1. The molecule has 6 heteroatoms. The third-order valence-electron chi connectivity index (χ3n) is 3.51. The Labute approximate surface area is 156 Å². The van der Waals surface area contributed by atoms with Crippen molar-refractivity contribution in [2.45, 2.75) is 12.7 Å². The molecule has 1 heterocycles. The summed E-state index contributed by atoms with van der Waals surface area (Å²) in [5, 5.41) is 8.12. The average molecular weight is 372 g/mol. The van der Waals surface area contributed by atoms with E-state index in [1.807, 2.05) is 67.6 Å². The quantitative estimate of drug-likeness (QED) is 0.682. The van der Waals surface area contributed by atoms with Crippen molar-refractivity contribution in [2.24, 2.45) is 0 Å². The first kappa shape index (κ1) is 17.6. The highest BCUT2D eigenvalue weighted by atomic mass is 35.5. The van der Waals surface area contributed by atoms with E-state index in [-0.39, 0.29) is 5.91 Å². The summed E-state index contributed by atoms with van der Waals surface area (Å²) in [6, 6.07) is 19.3. The second-order valence-corrected chi connectivity index (χ2v) is 7.01. The van der Waals surface area contributed by atoms with Gasteiger partial charge in [-0.1, -0.05) is 41.9 Å². The van der Waals surface area contributed by atoms with Crippen molar-refractivity contribution in [1.82, 2.24) is 9.78 Å². The lowest BCUT2D eigenvalue weighted by Crippen LogP contribution is -2.17. The van der Waals surface area contributed by atoms with E-state index in [9.17, 15) is 4.79 Å². The minimum Gasteiger partial charge on any atom is -0.310 e. The van der Waals surface area contributed by atoms with Crippen LogP contribution in [0, 0.1) is 6.92 Å². The number of para-hydroxylation sites is 1. The van der Waals surface area contributed by atoms with E-state index in [2.05, 4.69) is 10.4 Å². The standard InChI is InChI=1S/C19H18ClN3OS/c1-14-11-18(23(22-14)17-5-3-2-4-6-17)21-19(24)13-25-12-15-7-9-16(20)10-8-15/h2-11H,12-13H2,1H3,(H,21,24). The van der Waals surface area contributed by atoms with Crippen LogP contribution >= 0.6 is 23.4 Å². The summed E-state index contributed by atoms with van der Waals surface area (Å²) in [7, 11) is 0. The Hall–Kier alpha value is -2.24. The number of hydrogen-bond donors (Lipinski definition) is 1. The first-order chi connectivity index (χ1) is 12.1. The Morgan fingerprint density at radius 3 is 2.60 bits per heavy atom. The number of anilines is 1. The van der Waals surface area contributed by atoms with Crippen molar-refractivity contribution in [3.05, 3.63) is 76.9 Å². The van der Waals surface area contributed by atoms with Gasteiger partial charge in [-0.15, -0.1) is 11.8 Å².